The maximum Gasteiger partial charge on any atom is 0.141 e. The van der Waals surface area contributed by atoms with Gasteiger partial charge in [0.05, 0.1) is 6.10 Å². The zero-order chi connectivity index (χ0) is 11.4. The largest absolute Gasteiger partial charge is 0.490 e. The minimum atomic E-state index is -0.0194. The average Bonchev–Trinajstić information content (AvgIpc) is 2.30. The van der Waals surface area contributed by atoms with Crippen LogP contribution < -0.4 is 10.5 Å². The molecule has 1 aliphatic rings. The first-order chi connectivity index (χ1) is 7.75. The van der Waals surface area contributed by atoms with E-state index in [9.17, 15) is 0 Å². The van der Waals surface area contributed by atoms with Crippen LogP contribution in [-0.4, -0.2) is 16.9 Å². The molecule has 1 fully saturated rings. The third kappa shape index (κ3) is 3.89. The fourth-order valence-electron chi connectivity index (χ4n) is 2.01. The van der Waals surface area contributed by atoms with E-state index in [0.717, 1.165) is 18.6 Å². The van der Waals surface area contributed by atoms with E-state index in [2.05, 4.69) is 4.98 Å². The standard InChI is InChI=1S/C12H17N3O.ClH/c13-12(14)11-8-10(6-7-15-11)16-9-4-2-1-3-5-9;/h6-9H,1-5H2,(H3,13,14);1H. The Labute approximate surface area is 107 Å². The molecule has 0 amide bonds. The molecule has 94 valence electrons. The van der Waals surface area contributed by atoms with E-state index >= 15 is 0 Å². The second-order valence-corrected chi connectivity index (χ2v) is 4.17. The van der Waals surface area contributed by atoms with Crippen molar-refractivity contribution in [3.05, 3.63) is 24.0 Å². The Morgan fingerprint density at radius 2 is 2.06 bits per heavy atom. The van der Waals surface area contributed by atoms with Gasteiger partial charge in [0.25, 0.3) is 0 Å². The van der Waals surface area contributed by atoms with E-state index in [0.29, 0.717) is 11.8 Å². The highest BCUT2D eigenvalue weighted by atomic mass is 35.5. The number of nitrogens with two attached hydrogens (primary N) is 1. The second-order valence-electron chi connectivity index (χ2n) is 4.17. The first-order valence-corrected chi connectivity index (χ1v) is 5.73. The summed E-state index contributed by atoms with van der Waals surface area (Å²) in [5.74, 6) is 0.751. The molecule has 1 aromatic heterocycles. The average molecular weight is 256 g/mol. The number of nitrogens with one attached hydrogen (secondary N) is 1. The quantitative estimate of drug-likeness (QED) is 0.644. The zero-order valence-electron chi connectivity index (χ0n) is 9.69. The minimum Gasteiger partial charge on any atom is -0.490 e. The third-order valence-electron chi connectivity index (χ3n) is 2.86. The number of amidine groups is 1. The molecule has 0 spiro atoms. The van der Waals surface area contributed by atoms with Gasteiger partial charge in [0.2, 0.25) is 0 Å². The number of aromatic nitrogens is 1. The predicted molar refractivity (Wildman–Crippen MR) is 70.0 cm³/mol. The van der Waals surface area contributed by atoms with Crippen molar-refractivity contribution in [3.8, 4) is 5.75 Å². The Morgan fingerprint density at radius 1 is 1.35 bits per heavy atom. The van der Waals surface area contributed by atoms with Crippen LogP contribution in [0.4, 0.5) is 0 Å². The topological polar surface area (TPSA) is 72.0 Å². The van der Waals surface area contributed by atoms with Gasteiger partial charge in [0.15, 0.2) is 0 Å². The van der Waals surface area contributed by atoms with Crippen molar-refractivity contribution in [2.45, 2.75) is 38.2 Å². The number of nitrogens with zero attached hydrogens (tertiary/aromatic N) is 1. The van der Waals surface area contributed by atoms with Gasteiger partial charge < -0.3 is 10.5 Å². The van der Waals surface area contributed by atoms with Gasteiger partial charge in [0, 0.05) is 12.3 Å². The lowest BCUT2D eigenvalue weighted by molar-refractivity contribution is 0.155. The Kier molecular flexibility index (Phi) is 5.22. The molecule has 0 unspecified atom stereocenters. The van der Waals surface area contributed by atoms with Gasteiger partial charge in [-0.25, -0.2) is 0 Å². The molecule has 0 atom stereocenters. The van der Waals surface area contributed by atoms with Gasteiger partial charge in [-0.2, -0.15) is 0 Å². The van der Waals surface area contributed by atoms with Gasteiger partial charge in [-0.3, -0.25) is 10.4 Å². The molecule has 17 heavy (non-hydrogen) atoms. The highest BCUT2D eigenvalue weighted by Crippen LogP contribution is 2.23. The predicted octanol–water partition coefficient (Wildman–Crippen LogP) is 2.50. The fourth-order valence-corrected chi connectivity index (χ4v) is 2.01. The fraction of sp³-hybridized carbons (Fsp3) is 0.500. The van der Waals surface area contributed by atoms with Crippen LogP contribution in [0.1, 0.15) is 37.8 Å². The van der Waals surface area contributed by atoms with Crippen LogP contribution in [0.25, 0.3) is 0 Å². The first-order valence-electron chi connectivity index (χ1n) is 5.73. The molecule has 0 aromatic carbocycles. The molecule has 2 rings (SSSR count). The molecule has 3 N–H and O–H groups in total. The van der Waals surface area contributed by atoms with Crippen LogP contribution in [0.3, 0.4) is 0 Å². The van der Waals surface area contributed by atoms with Crippen molar-refractivity contribution in [2.24, 2.45) is 5.73 Å². The van der Waals surface area contributed by atoms with Crippen LogP contribution in [0, 0.1) is 5.41 Å². The van der Waals surface area contributed by atoms with E-state index in [1.54, 1.807) is 12.3 Å². The Hall–Kier alpha value is -1.29. The van der Waals surface area contributed by atoms with Crippen molar-refractivity contribution in [1.29, 1.82) is 5.41 Å². The smallest absolute Gasteiger partial charge is 0.141 e. The summed E-state index contributed by atoms with van der Waals surface area (Å²) < 4.78 is 5.85. The molecular weight excluding hydrogens is 238 g/mol. The van der Waals surface area contributed by atoms with Crippen molar-refractivity contribution < 1.29 is 4.74 Å². The molecule has 0 saturated heterocycles. The lowest BCUT2D eigenvalue weighted by atomic mass is 9.98. The molecule has 5 heteroatoms. The zero-order valence-corrected chi connectivity index (χ0v) is 10.5. The van der Waals surface area contributed by atoms with Crippen LogP contribution in [0.15, 0.2) is 18.3 Å². The minimum absolute atomic E-state index is 0. The van der Waals surface area contributed by atoms with Gasteiger partial charge in [-0.1, -0.05) is 6.42 Å². The summed E-state index contributed by atoms with van der Waals surface area (Å²) in [7, 11) is 0. The number of nitrogen functional groups attached to an aromatic ring is 1. The highest BCUT2D eigenvalue weighted by Gasteiger charge is 2.15. The molecule has 1 aromatic rings. The normalized spacial score (nSPS) is 16.0. The van der Waals surface area contributed by atoms with E-state index in [1.165, 1.54) is 19.3 Å². The van der Waals surface area contributed by atoms with Gasteiger partial charge in [0.1, 0.15) is 17.3 Å². The summed E-state index contributed by atoms with van der Waals surface area (Å²) in [6.45, 7) is 0. The van der Waals surface area contributed by atoms with Crippen LogP contribution in [-0.2, 0) is 0 Å². The van der Waals surface area contributed by atoms with Gasteiger partial charge >= 0.3 is 0 Å². The maximum atomic E-state index is 7.31. The van der Waals surface area contributed by atoms with Crippen molar-refractivity contribution in [2.75, 3.05) is 0 Å². The highest BCUT2D eigenvalue weighted by molar-refractivity contribution is 5.93. The summed E-state index contributed by atoms with van der Waals surface area (Å²) in [4.78, 5) is 4.00. The lowest BCUT2D eigenvalue weighted by Gasteiger charge is -2.23. The van der Waals surface area contributed by atoms with Crippen molar-refractivity contribution in [3.63, 3.8) is 0 Å². The second kappa shape index (κ2) is 6.45. The number of pyridine rings is 1. The van der Waals surface area contributed by atoms with E-state index < -0.39 is 0 Å². The van der Waals surface area contributed by atoms with Gasteiger partial charge in [-0.15, -0.1) is 12.4 Å². The summed E-state index contributed by atoms with van der Waals surface area (Å²) in [6.07, 6.45) is 8.00. The monoisotopic (exact) mass is 255 g/mol. The van der Waals surface area contributed by atoms with E-state index in [4.69, 9.17) is 15.9 Å². The number of halogens is 1. The van der Waals surface area contributed by atoms with Gasteiger partial charge in [-0.05, 0) is 31.7 Å². The van der Waals surface area contributed by atoms with Crippen LogP contribution >= 0.6 is 12.4 Å². The molecule has 1 saturated carbocycles. The summed E-state index contributed by atoms with van der Waals surface area (Å²) in [6, 6.07) is 3.55. The lowest BCUT2D eigenvalue weighted by Crippen LogP contribution is -2.20. The molecule has 0 radical (unpaired) electrons. The Balaban J connectivity index is 0.00000144. The third-order valence-corrected chi connectivity index (χ3v) is 2.86. The molecule has 1 aliphatic carbocycles. The van der Waals surface area contributed by atoms with Crippen molar-refractivity contribution >= 4 is 18.2 Å². The number of ether oxygens (including phenoxy) is 1. The van der Waals surface area contributed by atoms with E-state index in [-0.39, 0.29) is 18.2 Å². The summed E-state index contributed by atoms with van der Waals surface area (Å²) >= 11 is 0. The Bertz CT molecular complexity index is 378. The summed E-state index contributed by atoms with van der Waals surface area (Å²) in [5.41, 5.74) is 5.86. The SMILES string of the molecule is Cl.N=C(N)c1cc(OC2CCCCC2)ccn1. The molecular formula is C12H18ClN3O. The number of hydrogen-bond donors (Lipinski definition) is 2. The molecule has 0 aliphatic heterocycles. The van der Waals surface area contributed by atoms with Crippen LogP contribution in [0.2, 0.25) is 0 Å². The number of hydrogen-bond acceptors (Lipinski definition) is 3. The molecule has 4 nitrogen and oxygen atoms in total. The Morgan fingerprint density at radius 3 is 2.71 bits per heavy atom. The van der Waals surface area contributed by atoms with E-state index in [1.807, 2.05) is 6.07 Å². The van der Waals surface area contributed by atoms with Crippen molar-refractivity contribution in [1.82, 2.24) is 4.98 Å². The number of rotatable bonds is 3. The molecule has 1 heterocycles. The van der Waals surface area contributed by atoms with Crippen LogP contribution in [0.5, 0.6) is 5.75 Å². The summed E-state index contributed by atoms with van der Waals surface area (Å²) in [5, 5.41) is 7.31. The molecule has 0 bridgehead atoms. The first kappa shape index (κ1) is 13.8. The maximum absolute atomic E-state index is 7.31.